The zero-order valence-electron chi connectivity index (χ0n) is 18.4. The van der Waals surface area contributed by atoms with Gasteiger partial charge in [0, 0.05) is 30.9 Å². The molecule has 0 spiro atoms. The molecule has 1 saturated carbocycles. The second-order valence-electron chi connectivity index (χ2n) is 7.53. The molecule has 1 saturated heterocycles. The zero-order valence-corrected chi connectivity index (χ0v) is 18.4. The largest absolute Gasteiger partial charge is 0.490 e. The van der Waals surface area contributed by atoms with E-state index in [4.69, 9.17) is 33.7 Å². The number of carboxylic acid groups (broad SMARTS) is 2. The van der Waals surface area contributed by atoms with Crippen LogP contribution in [-0.2, 0) is 20.9 Å². The van der Waals surface area contributed by atoms with Crippen molar-refractivity contribution in [2.45, 2.75) is 50.0 Å². The van der Waals surface area contributed by atoms with E-state index in [0.717, 1.165) is 38.3 Å². The van der Waals surface area contributed by atoms with Gasteiger partial charge in [-0.3, -0.25) is 9.88 Å². The van der Waals surface area contributed by atoms with Crippen LogP contribution in [0.2, 0.25) is 0 Å². The fourth-order valence-electron chi connectivity index (χ4n) is 3.52. The predicted octanol–water partition coefficient (Wildman–Crippen LogP) is 3.75. The fourth-order valence-corrected chi connectivity index (χ4v) is 3.52. The highest BCUT2D eigenvalue weighted by atomic mass is 19.4. The van der Waals surface area contributed by atoms with Crippen molar-refractivity contribution < 1.29 is 60.0 Å². The van der Waals surface area contributed by atoms with Gasteiger partial charge in [0.25, 0.3) is 0 Å². The minimum atomic E-state index is -5.08. The highest BCUT2D eigenvalue weighted by Gasteiger charge is 2.44. The van der Waals surface area contributed by atoms with E-state index in [2.05, 4.69) is 9.88 Å². The van der Waals surface area contributed by atoms with Crippen molar-refractivity contribution in [1.29, 1.82) is 0 Å². The molecule has 1 aliphatic carbocycles. The Morgan fingerprint density at radius 3 is 2.22 bits per heavy atom. The molecule has 15 heteroatoms. The Morgan fingerprint density at radius 1 is 1.08 bits per heavy atom. The van der Waals surface area contributed by atoms with Crippen LogP contribution in [0.25, 0.3) is 0 Å². The van der Waals surface area contributed by atoms with Gasteiger partial charge in [0.15, 0.2) is 0 Å². The maximum atomic E-state index is 10.6. The molecule has 0 amide bonds. The van der Waals surface area contributed by atoms with Crippen molar-refractivity contribution in [2.75, 3.05) is 13.2 Å². The molecule has 36 heavy (non-hydrogen) atoms. The van der Waals surface area contributed by atoms with Crippen LogP contribution in [0.3, 0.4) is 0 Å². The van der Waals surface area contributed by atoms with Crippen molar-refractivity contribution in [2.24, 2.45) is 0 Å². The van der Waals surface area contributed by atoms with Crippen LogP contribution in [0.4, 0.5) is 26.3 Å². The first kappa shape index (κ1) is 28.9. The number of ether oxygens (including phenoxy) is 2. The van der Waals surface area contributed by atoms with Crippen LogP contribution in [0.5, 0.6) is 5.75 Å². The topological polar surface area (TPSA) is 122 Å². The Morgan fingerprint density at radius 2 is 1.72 bits per heavy atom. The summed E-state index contributed by atoms with van der Waals surface area (Å²) in [5.41, 5.74) is 1.22. The second kappa shape index (κ2) is 12.6. The van der Waals surface area contributed by atoms with Crippen LogP contribution in [0.1, 0.15) is 18.4 Å². The van der Waals surface area contributed by atoms with Crippen molar-refractivity contribution in [3.8, 4) is 5.75 Å². The van der Waals surface area contributed by atoms with Crippen LogP contribution in [-0.4, -0.2) is 75.8 Å². The third-order valence-corrected chi connectivity index (χ3v) is 5.02. The molecule has 3 heterocycles. The molecule has 2 aromatic rings. The molecule has 4 rings (SSSR count). The van der Waals surface area contributed by atoms with Gasteiger partial charge >= 0.3 is 24.3 Å². The fraction of sp³-hybridized carbons (Fsp3) is 0.476. The van der Waals surface area contributed by atoms with Crippen LogP contribution in [0.15, 0.2) is 47.5 Å². The van der Waals surface area contributed by atoms with Gasteiger partial charge < -0.3 is 24.1 Å². The van der Waals surface area contributed by atoms with Crippen molar-refractivity contribution in [3.63, 3.8) is 0 Å². The highest BCUT2D eigenvalue weighted by molar-refractivity contribution is 5.73. The van der Waals surface area contributed by atoms with E-state index >= 15 is 0 Å². The van der Waals surface area contributed by atoms with Gasteiger partial charge in [-0.25, -0.2) is 9.59 Å². The van der Waals surface area contributed by atoms with Crippen molar-refractivity contribution >= 4 is 11.9 Å². The van der Waals surface area contributed by atoms with Crippen LogP contribution in [0, 0.1) is 0 Å². The number of fused-ring (bicyclic) bond motifs is 1. The summed E-state index contributed by atoms with van der Waals surface area (Å²) >= 11 is 0. The summed E-state index contributed by atoms with van der Waals surface area (Å²) in [7, 11) is 0. The number of hydrogen-bond donors (Lipinski definition) is 2. The van der Waals surface area contributed by atoms with E-state index in [9.17, 15) is 26.3 Å². The maximum absolute atomic E-state index is 10.6. The monoisotopic (exact) mass is 528 g/mol. The number of aliphatic carboxylic acids is 2. The molecule has 2 aromatic heterocycles. The molecular weight excluding hydrogens is 506 g/mol. The number of carboxylic acids is 2. The number of alkyl halides is 6. The first-order valence-electron chi connectivity index (χ1n) is 10.3. The van der Waals surface area contributed by atoms with Crippen molar-refractivity contribution in [1.82, 2.24) is 9.88 Å². The first-order chi connectivity index (χ1) is 16.8. The predicted molar refractivity (Wildman–Crippen MR) is 108 cm³/mol. The van der Waals surface area contributed by atoms with Crippen LogP contribution < -0.4 is 4.74 Å². The molecule has 0 radical (unpaired) electrons. The molecule has 200 valence electrons. The van der Waals surface area contributed by atoms with E-state index in [1.165, 1.54) is 5.56 Å². The number of carbonyl (C=O) groups is 2. The molecular formula is C21H22F6N2O7. The maximum Gasteiger partial charge on any atom is 0.490 e. The summed E-state index contributed by atoms with van der Waals surface area (Å²) in [6.07, 6.45) is -0.714. The Bertz CT molecular complexity index is 930. The summed E-state index contributed by atoms with van der Waals surface area (Å²) in [6.45, 7) is 2.64. The lowest BCUT2D eigenvalue weighted by atomic mass is 10.1. The third-order valence-electron chi connectivity index (χ3n) is 5.02. The lowest BCUT2D eigenvalue weighted by Crippen LogP contribution is -2.51. The molecule has 2 fully saturated rings. The number of aromatic nitrogens is 1. The van der Waals surface area contributed by atoms with E-state index in [1.807, 2.05) is 24.5 Å². The molecule has 0 unspecified atom stereocenters. The number of nitrogens with zero attached hydrogens (tertiary/aromatic N) is 2. The van der Waals surface area contributed by atoms with Gasteiger partial charge in [-0.15, -0.1) is 0 Å². The van der Waals surface area contributed by atoms with E-state index < -0.39 is 24.3 Å². The normalized spacial score (nSPS) is 21.8. The average molecular weight is 528 g/mol. The summed E-state index contributed by atoms with van der Waals surface area (Å²) in [4.78, 5) is 24.4. The number of hydrogen-bond acceptors (Lipinski definition) is 7. The molecule has 9 nitrogen and oxygen atoms in total. The Labute approximate surface area is 200 Å². The van der Waals surface area contributed by atoms with Gasteiger partial charge in [-0.2, -0.15) is 26.3 Å². The lowest BCUT2D eigenvalue weighted by Gasteiger charge is -2.38. The smallest absolute Gasteiger partial charge is 0.486 e. The van der Waals surface area contributed by atoms with Gasteiger partial charge in [0.1, 0.15) is 18.0 Å². The standard InChI is InChI=1S/C17H20N2O3.2C2HF3O2/c1-2-14(10-18-6-1)22-16-4-3-15-17(16)21-9-7-19(15)11-13-5-8-20-12-13;2*3-2(4,5)1(6)7/h1-2,5-6,8,10,12,15-17H,3-4,7,9,11H2;2*(H,6,7)/t15-,16+,17+;;/m0../s1. The number of furan rings is 1. The number of morpholine rings is 1. The van der Waals surface area contributed by atoms with Gasteiger partial charge in [0.2, 0.25) is 0 Å². The Balaban J connectivity index is 0.000000271. The van der Waals surface area contributed by atoms with E-state index in [-0.39, 0.29) is 12.2 Å². The van der Waals surface area contributed by atoms with Gasteiger partial charge in [-0.1, -0.05) is 0 Å². The van der Waals surface area contributed by atoms with Crippen molar-refractivity contribution in [3.05, 3.63) is 48.7 Å². The molecule has 0 bridgehead atoms. The quantitative estimate of drug-likeness (QED) is 0.572. The molecule has 1 aliphatic heterocycles. The summed E-state index contributed by atoms with van der Waals surface area (Å²) < 4.78 is 80.8. The second-order valence-corrected chi connectivity index (χ2v) is 7.53. The molecule has 2 aliphatic rings. The minimum absolute atomic E-state index is 0.112. The van der Waals surface area contributed by atoms with Gasteiger partial charge in [-0.05, 0) is 31.0 Å². The molecule has 2 N–H and O–H groups in total. The third kappa shape index (κ3) is 9.03. The summed E-state index contributed by atoms with van der Waals surface area (Å²) in [5.74, 6) is -4.69. The number of halogens is 6. The highest BCUT2D eigenvalue weighted by Crippen LogP contribution is 2.33. The van der Waals surface area contributed by atoms with Gasteiger partial charge in [0.05, 0.1) is 25.3 Å². The van der Waals surface area contributed by atoms with Crippen LogP contribution >= 0.6 is 0 Å². The minimum Gasteiger partial charge on any atom is -0.486 e. The lowest BCUT2D eigenvalue weighted by molar-refractivity contribution is -0.193. The van der Waals surface area contributed by atoms with E-state index in [0.29, 0.717) is 6.04 Å². The first-order valence-corrected chi connectivity index (χ1v) is 10.3. The molecule has 3 atom stereocenters. The number of pyridine rings is 1. The SMILES string of the molecule is O=C(O)C(F)(F)F.O=C(O)C(F)(F)F.c1cncc(O[C@@H]2CC[C@H]3[C@H]2OCCN3Cc2ccoc2)c1. The number of rotatable bonds is 4. The van der Waals surface area contributed by atoms with E-state index in [1.54, 1.807) is 18.7 Å². The average Bonchev–Trinajstić information content (AvgIpc) is 3.45. The summed E-state index contributed by atoms with van der Waals surface area (Å²) in [6, 6.07) is 6.30. The Hall–Kier alpha value is -3.33. The Kier molecular flexibility index (Phi) is 10.1. The summed E-state index contributed by atoms with van der Waals surface area (Å²) in [5, 5.41) is 14.2. The molecule has 0 aromatic carbocycles. The zero-order chi connectivity index (χ0) is 26.9.